The van der Waals surface area contributed by atoms with Crippen molar-refractivity contribution in [3.8, 4) is 0 Å². The molecular weight excluding hydrogens is 236 g/mol. The summed E-state index contributed by atoms with van der Waals surface area (Å²) in [5, 5.41) is 8.37. The van der Waals surface area contributed by atoms with Gasteiger partial charge in [-0.05, 0) is 29.9 Å². The highest BCUT2D eigenvalue weighted by Crippen LogP contribution is 2.12. The molecule has 0 radical (unpaired) electrons. The van der Waals surface area contributed by atoms with Crippen molar-refractivity contribution in [3.63, 3.8) is 0 Å². The van der Waals surface area contributed by atoms with Crippen molar-refractivity contribution in [1.82, 2.24) is 0 Å². The van der Waals surface area contributed by atoms with Gasteiger partial charge in [-0.3, -0.25) is 4.79 Å². The summed E-state index contributed by atoms with van der Waals surface area (Å²) in [5.41, 5.74) is 0. The summed E-state index contributed by atoms with van der Waals surface area (Å²) in [6.07, 6.45) is 5.79. The second-order valence-corrected chi connectivity index (χ2v) is 7.72. The number of rotatable bonds is 9. The number of unbranched alkanes of at least 4 members (excludes halogenated alkanes) is 4. The fourth-order valence-electron chi connectivity index (χ4n) is 1.17. The Morgan fingerprint density at radius 2 is 1.67 bits per heavy atom. The van der Waals surface area contributed by atoms with E-state index in [4.69, 9.17) is 5.11 Å². The van der Waals surface area contributed by atoms with E-state index >= 15 is 0 Å². The van der Waals surface area contributed by atoms with Gasteiger partial charge in [-0.1, -0.05) is 19.3 Å². The van der Waals surface area contributed by atoms with Gasteiger partial charge >= 0.3 is 5.97 Å². The zero-order valence-corrected chi connectivity index (χ0v) is 10.6. The maximum atomic E-state index is 11.1. The average Bonchev–Trinajstić information content (AvgIpc) is 2.16. The Kier molecular flexibility index (Phi) is 7.86. The lowest BCUT2D eigenvalue weighted by atomic mass is 10.1. The van der Waals surface area contributed by atoms with Crippen molar-refractivity contribution in [3.05, 3.63) is 0 Å². The van der Waals surface area contributed by atoms with E-state index in [2.05, 4.69) is 0 Å². The summed E-state index contributed by atoms with van der Waals surface area (Å²) >= 11 is 0. The molecule has 6 heteroatoms. The molecule has 0 heterocycles. The van der Waals surface area contributed by atoms with E-state index in [1.165, 1.54) is 0 Å². The predicted molar refractivity (Wildman–Crippen MR) is 62.6 cm³/mol. The van der Waals surface area contributed by atoms with E-state index in [-0.39, 0.29) is 12.2 Å². The molecule has 0 aliphatic carbocycles. The second kappa shape index (κ2) is 7.98. The van der Waals surface area contributed by atoms with Crippen molar-refractivity contribution in [2.24, 2.45) is 0 Å². The smallest absolute Gasteiger partial charge is 0.303 e. The first-order valence-electron chi connectivity index (χ1n) is 4.98. The maximum Gasteiger partial charge on any atom is 0.303 e. The summed E-state index contributed by atoms with van der Waals surface area (Å²) in [6.45, 7) is 0. The average molecular weight is 254 g/mol. The third-order valence-electron chi connectivity index (χ3n) is 2.04. The monoisotopic (exact) mass is 254 g/mol. The summed E-state index contributed by atoms with van der Waals surface area (Å²) < 4.78 is 22.1. The Labute approximate surface area is 94.8 Å². The van der Waals surface area contributed by atoms with Crippen molar-refractivity contribution >= 4 is 25.6 Å². The number of hydrogen-bond donors (Lipinski definition) is 1. The quantitative estimate of drug-likeness (QED) is 0.504. The predicted octanol–water partition coefficient (Wildman–Crippen LogP) is 2.10. The van der Waals surface area contributed by atoms with Crippen LogP contribution in [-0.2, 0) is 13.7 Å². The molecule has 15 heavy (non-hydrogen) atoms. The van der Waals surface area contributed by atoms with Gasteiger partial charge in [0, 0.05) is 6.42 Å². The number of carboxylic acid groups (broad SMARTS) is 1. The van der Waals surface area contributed by atoms with Crippen LogP contribution in [0.3, 0.4) is 0 Å². The molecule has 0 spiro atoms. The first kappa shape index (κ1) is 14.8. The molecule has 0 aromatic heterocycles. The lowest BCUT2D eigenvalue weighted by Gasteiger charge is -2.00. The maximum absolute atomic E-state index is 11.1. The SMILES string of the molecule is CSS(=O)(=O)CCCCCCCC(=O)O. The molecule has 1 N–H and O–H groups in total. The Hall–Kier alpha value is -0.230. The molecule has 0 amide bonds. The first-order valence-corrected chi connectivity index (χ1v) is 8.37. The zero-order chi connectivity index (χ0) is 11.7. The van der Waals surface area contributed by atoms with Crippen molar-refractivity contribution in [2.75, 3.05) is 12.0 Å². The molecule has 0 saturated heterocycles. The van der Waals surface area contributed by atoms with Crippen molar-refractivity contribution in [1.29, 1.82) is 0 Å². The van der Waals surface area contributed by atoms with E-state index in [0.29, 0.717) is 12.8 Å². The standard InChI is InChI=1S/C9H18O4S2/c1-14-15(12,13)8-6-4-2-3-5-7-9(10)11/h2-8H2,1H3,(H,10,11). The van der Waals surface area contributed by atoms with Crippen LogP contribution in [0.1, 0.15) is 38.5 Å². The van der Waals surface area contributed by atoms with E-state index in [1.54, 1.807) is 6.26 Å². The molecule has 0 aromatic rings. The summed E-state index contributed by atoms with van der Waals surface area (Å²) in [7, 11) is -2.01. The fraction of sp³-hybridized carbons (Fsp3) is 0.889. The van der Waals surface area contributed by atoms with Gasteiger partial charge in [0.15, 0.2) is 0 Å². The molecular formula is C9H18O4S2. The van der Waals surface area contributed by atoms with Crippen molar-refractivity contribution < 1.29 is 18.3 Å². The molecule has 0 atom stereocenters. The van der Waals surface area contributed by atoms with Gasteiger partial charge in [0.25, 0.3) is 0 Å². The Morgan fingerprint density at radius 1 is 1.13 bits per heavy atom. The molecule has 0 fully saturated rings. The van der Waals surface area contributed by atoms with Crippen molar-refractivity contribution in [2.45, 2.75) is 38.5 Å². The fourth-order valence-corrected chi connectivity index (χ4v) is 2.75. The van der Waals surface area contributed by atoms with Crippen LogP contribution >= 0.6 is 10.8 Å². The van der Waals surface area contributed by atoms with Crippen LogP contribution < -0.4 is 0 Å². The molecule has 0 saturated carbocycles. The van der Waals surface area contributed by atoms with E-state index in [9.17, 15) is 13.2 Å². The minimum Gasteiger partial charge on any atom is -0.481 e. The van der Waals surface area contributed by atoms with Gasteiger partial charge in [0.05, 0.1) is 5.75 Å². The highest BCUT2D eigenvalue weighted by Gasteiger charge is 2.06. The number of carboxylic acids is 1. The molecule has 0 aliphatic rings. The first-order chi connectivity index (χ1) is 6.98. The van der Waals surface area contributed by atoms with Gasteiger partial charge in [0.2, 0.25) is 8.87 Å². The molecule has 4 nitrogen and oxygen atoms in total. The van der Waals surface area contributed by atoms with Crippen LogP contribution in [0.2, 0.25) is 0 Å². The number of aliphatic carboxylic acids is 1. The van der Waals surface area contributed by atoms with Gasteiger partial charge < -0.3 is 5.11 Å². The summed E-state index contributed by atoms with van der Waals surface area (Å²) in [4.78, 5) is 10.2. The lowest BCUT2D eigenvalue weighted by molar-refractivity contribution is -0.137. The molecule has 90 valence electrons. The van der Waals surface area contributed by atoms with Gasteiger partial charge in [0.1, 0.15) is 0 Å². The molecule has 0 aromatic carbocycles. The topological polar surface area (TPSA) is 71.4 Å². The molecule has 0 aliphatic heterocycles. The lowest BCUT2D eigenvalue weighted by Crippen LogP contribution is -2.00. The van der Waals surface area contributed by atoms with E-state index < -0.39 is 14.8 Å². The van der Waals surface area contributed by atoms with Crippen LogP contribution in [0.4, 0.5) is 0 Å². The largest absolute Gasteiger partial charge is 0.481 e. The zero-order valence-electron chi connectivity index (χ0n) is 8.94. The minimum absolute atomic E-state index is 0.211. The minimum atomic E-state index is -2.90. The van der Waals surface area contributed by atoms with Crippen LogP contribution in [0.15, 0.2) is 0 Å². The molecule has 0 unspecified atom stereocenters. The van der Waals surface area contributed by atoms with Crippen LogP contribution in [0.25, 0.3) is 0 Å². The normalized spacial score (nSPS) is 11.5. The summed E-state index contributed by atoms with van der Waals surface area (Å²) in [5.74, 6) is -0.535. The summed E-state index contributed by atoms with van der Waals surface area (Å²) in [6, 6.07) is 0. The van der Waals surface area contributed by atoms with Crippen LogP contribution in [-0.4, -0.2) is 31.5 Å². The van der Waals surface area contributed by atoms with E-state index in [0.717, 1.165) is 30.1 Å². The highest BCUT2D eigenvalue weighted by molar-refractivity contribution is 8.71. The van der Waals surface area contributed by atoms with E-state index in [1.807, 2.05) is 0 Å². The van der Waals surface area contributed by atoms with Gasteiger partial charge in [-0.15, -0.1) is 0 Å². The third-order valence-corrected chi connectivity index (χ3v) is 5.36. The van der Waals surface area contributed by atoms with Gasteiger partial charge in [-0.2, -0.15) is 0 Å². The third kappa shape index (κ3) is 10.1. The second-order valence-electron chi connectivity index (χ2n) is 3.34. The van der Waals surface area contributed by atoms with Crippen LogP contribution in [0, 0.1) is 0 Å². The Balaban J connectivity index is 3.29. The van der Waals surface area contributed by atoms with Gasteiger partial charge in [-0.25, -0.2) is 8.42 Å². The Bertz CT molecular complexity index is 272. The van der Waals surface area contributed by atoms with Crippen LogP contribution in [0.5, 0.6) is 0 Å². The molecule has 0 bridgehead atoms. The number of carbonyl (C=O) groups is 1. The highest BCUT2D eigenvalue weighted by atomic mass is 33.1. The molecule has 0 rings (SSSR count). The number of hydrogen-bond acceptors (Lipinski definition) is 4. The Morgan fingerprint density at radius 3 is 2.20 bits per heavy atom.